The normalized spacial score (nSPS) is 12.3. The highest BCUT2D eigenvalue weighted by molar-refractivity contribution is 5.96. The number of nitrogens with zero attached hydrogens (tertiary/aromatic N) is 2. The van der Waals surface area contributed by atoms with Crippen LogP contribution in [-0.2, 0) is 23.9 Å². The van der Waals surface area contributed by atoms with Crippen molar-refractivity contribution in [3.05, 3.63) is 65.7 Å². The van der Waals surface area contributed by atoms with E-state index in [-0.39, 0.29) is 28.9 Å². The number of hydrogen-bond acceptors (Lipinski definition) is 3. The van der Waals surface area contributed by atoms with E-state index in [2.05, 4.69) is 6.58 Å². The Bertz CT molecular complexity index is 1120. The molecule has 0 aliphatic rings. The van der Waals surface area contributed by atoms with Crippen LogP contribution in [0.5, 0.6) is 5.75 Å². The number of anilines is 1. The first-order valence-corrected chi connectivity index (χ1v) is 10.6. The van der Waals surface area contributed by atoms with Gasteiger partial charge in [0.05, 0.1) is 6.54 Å². The Balaban J connectivity index is 2.13. The third kappa shape index (κ3) is 4.22. The van der Waals surface area contributed by atoms with Crippen LogP contribution in [0.4, 0.5) is 5.95 Å². The molecule has 5 nitrogen and oxygen atoms in total. The molecule has 1 aromatic heterocycles. The van der Waals surface area contributed by atoms with E-state index in [1.807, 2.05) is 87.1 Å². The zero-order valence-corrected chi connectivity index (χ0v) is 19.5. The molecule has 3 aromatic rings. The Morgan fingerprint density at radius 1 is 1.10 bits per heavy atom. The molecule has 31 heavy (non-hydrogen) atoms. The number of aromatic hydroxyl groups is 1. The first kappa shape index (κ1) is 22.6. The van der Waals surface area contributed by atoms with Crippen molar-refractivity contribution in [2.45, 2.75) is 65.5 Å². The van der Waals surface area contributed by atoms with Crippen molar-refractivity contribution >= 4 is 22.8 Å². The highest BCUT2D eigenvalue weighted by Crippen LogP contribution is 2.39. The number of nitrogen functional groups attached to an aromatic ring is 1. The van der Waals surface area contributed by atoms with Crippen LogP contribution in [0, 0.1) is 0 Å². The van der Waals surface area contributed by atoms with E-state index in [1.165, 1.54) is 0 Å². The lowest BCUT2D eigenvalue weighted by molar-refractivity contribution is -0.642. The van der Waals surface area contributed by atoms with Gasteiger partial charge in [0.15, 0.2) is 5.78 Å². The topological polar surface area (TPSA) is 72.1 Å². The van der Waals surface area contributed by atoms with Gasteiger partial charge in [-0.3, -0.25) is 10.5 Å². The van der Waals surface area contributed by atoms with Crippen molar-refractivity contribution in [3.8, 4) is 5.75 Å². The van der Waals surface area contributed by atoms with Crippen LogP contribution in [0.3, 0.4) is 0 Å². The number of imidazole rings is 1. The summed E-state index contributed by atoms with van der Waals surface area (Å²) >= 11 is 0. The summed E-state index contributed by atoms with van der Waals surface area (Å²) in [6, 6.07) is 11.5. The third-order valence-corrected chi connectivity index (χ3v) is 5.68. The van der Waals surface area contributed by atoms with Gasteiger partial charge < -0.3 is 5.11 Å². The second-order valence-corrected chi connectivity index (χ2v) is 10.2. The van der Waals surface area contributed by atoms with E-state index in [0.29, 0.717) is 18.1 Å². The molecule has 1 heterocycles. The van der Waals surface area contributed by atoms with Crippen LogP contribution in [0.15, 0.2) is 49.1 Å². The average molecular weight is 421 g/mol. The fourth-order valence-corrected chi connectivity index (χ4v) is 3.97. The predicted octanol–water partition coefficient (Wildman–Crippen LogP) is 4.88. The highest BCUT2D eigenvalue weighted by Gasteiger charge is 2.29. The maximum atomic E-state index is 13.5. The number of aromatic nitrogens is 2. The summed E-state index contributed by atoms with van der Waals surface area (Å²) in [5, 5.41) is 11.0. The van der Waals surface area contributed by atoms with Gasteiger partial charge in [-0.05, 0) is 35.1 Å². The standard InChI is InChI=1S/C26H33N3O2/c1-8-13-28-20-11-9-10-12-21(20)29(24(28)27)16-22(30)17-14-18(25(2,3)4)23(31)19(15-17)26(5,6)7/h8-12,14-15,27H,1,13,16H2,2-7H3,(H,30,31)/p+1. The molecule has 3 N–H and O–H groups in total. The van der Waals surface area contributed by atoms with Gasteiger partial charge >= 0.3 is 5.95 Å². The quantitative estimate of drug-likeness (QED) is 0.351. The SMILES string of the molecule is C=CCn1c(N)[n+](CC(=O)c2cc(C(C)(C)C)c(O)c(C(C)(C)C)c2)c2ccccc21. The predicted molar refractivity (Wildman–Crippen MR) is 127 cm³/mol. The van der Waals surface area contributed by atoms with Crippen LogP contribution < -0.4 is 10.3 Å². The molecule has 0 unspecified atom stereocenters. The summed E-state index contributed by atoms with van der Waals surface area (Å²) < 4.78 is 3.80. The molecule has 0 aliphatic carbocycles. The number of phenols is 1. The molecular formula is C26H34N3O2+. The maximum absolute atomic E-state index is 13.5. The smallest absolute Gasteiger partial charge is 0.356 e. The number of hydrogen-bond donors (Lipinski definition) is 2. The minimum Gasteiger partial charge on any atom is -0.507 e. The van der Waals surface area contributed by atoms with E-state index in [4.69, 9.17) is 5.73 Å². The number of phenolic OH excluding ortho intramolecular Hbond substituents is 1. The molecule has 164 valence electrons. The monoisotopic (exact) mass is 420 g/mol. The van der Waals surface area contributed by atoms with E-state index in [9.17, 15) is 9.90 Å². The largest absolute Gasteiger partial charge is 0.507 e. The van der Waals surface area contributed by atoms with Crippen LogP contribution in [-0.4, -0.2) is 15.5 Å². The molecule has 5 heteroatoms. The summed E-state index contributed by atoms with van der Waals surface area (Å²) in [6.45, 7) is 16.7. The van der Waals surface area contributed by atoms with Crippen LogP contribution in [0.1, 0.15) is 63.0 Å². The van der Waals surface area contributed by atoms with Gasteiger partial charge in [0.1, 0.15) is 23.3 Å². The average Bonchev–Trinajstić information content (AvgIpc) is 2.92. The summed E-state index contributed by atoms with van der Waals surface area (Å²) in [7, 11) is 0. The summed E-state index contributed by atoms with van der Waals surface area (Å²) in [6.07, 6.45) is 1.79. The van der Waals surface area contributed by atoms with E-state index in [0.717, 1.165) is 22.2 Å². The molecule has 0 radical (unpaired) electrons. The zero-order valence-electron chi connectivity index (χ0n) is 19.5. The van der Waals surface area contributed by atoms with E-state index in [1.54, 1.807) is 6.08 Å². The molecule has 2 aromatic carbocycles. The highest BCUT2D eigenvalue weighted by atomic mass is 16.3. The number of carbonyl (C=O) groups excluding carboxylic acids is 1. The van der Waals surface area contributed by atoms with Crippen LogP contribution in [0.25, 0.3) is 11.0 Å². The molecule has 0 aliphatic heterocycles. The number of benzene rings is 2. The van der Waals surface area contributed by atoms with Gasteiger partial charge in [-0.25, -0.2) is 9.13 Å². The Morgan fingerprint density at radius 2 is 1.65 bits per heavy atom. The Kier molecular flexibility index (Phi) is 5.74. The molecule has 0 bridgehead atoms. The molecule has 0 atom stereocenters. The van der Waals surface area contributed by atoms with Gasteiger partial charge in [0, 0.05) is 16.7 Å². The fourth-order valence-electron chi connectivity index (χ4n) is 3.97. The number of para-hydroxylation sites is 2. The Labute approximate surface area is 184 Å². The van der Waals surface area contributed by atoms with Crippen molar-refractivity contribution < 1.29 is 14.5 Å². The first-order valence-electron chi connectivity index (χ1n) is 10.6. The summed E-state index contributed by atoms with van der Waals surface area (Å²) in [4.78, 5) is 13.5. The van der Waals surface area contributed by atoms with Gasteiger partial charge in [-0.2, -0.15) is 0 Å². The number of rotatable bonds is 5. The zero-order chi connectivity index (χ0) is 23.1. The third-order valence-electron chi connectivity index (χ3n) is 5.68. The fraction of sp³-hybridized carbons (Fsp3) is 0.385. The Hall–Kier alpha value is -3.08. The van der Waals surface area contributed by atoms with E-state index >= 15 is 0 Å². The van der Waals surface area contributed by atoms with Crippen molar-refractivity contribution in [3.63, 3.8) is 0 Å². The second kappa shape index (κ2) is 7.88. The van der Waals surface area contributed by atoms with E-state index < -0.39 is 0 Å². The second-order valence-electron chi connectivity index (χ2n) is 10.2. The lowest BCUT2D eigenvalue weighted by Gasteiger charge is -2.28. The Morgan fingerprint density at radius 3 is 2.16 bits per heavy atom. The van der Waals surface area contributed by atoms with Crippen LogP contribution >= 0.6 is 0 Å². The van der Waals surface area contributed by atoms with Crippen molar-refractivity contribution in [1.82, 2.24) is 4.57 Å². The van der Waals surface area contributed by atoms with Crippen molar-refractivity contribution in [1.29, 1.82) is 0 Å². The minimum absolute atomic E-state index is 0.0470. The number of Topliss-reactive ketones (excluding diaryl/α,β-unsaturated/α-hetero) is 1. The molecule has 0 saturated heterocycles. The van der Waals surface area contributed by atoms with Gasteiger partial charge in [0.2, 0.25) is 0 Å². The van der Waals surface area contributed by atoms with Crippen LogP contribution in [0.2, 0.25) is 0 Å². The summed E-state index contributed by atoms with van der Waals surface area (Å²) in [5.41, 5.74) is 9.84. The molecule has 0 amide bonds. The van der Waals surface area contributed by atoms with Crippen molar-refractivity contribution in [2.75, 3.05) is 5.73 Å². The minimum atomic E-state index is -0.299. The number of carbonyl (C=O) groups is 1. The van der Waals surface area contributed by atoms with Crippen molar-refractivity contribution in [2.24, 2.45) is 0 Å². The molecule has 0 fully saturated rings. The lowest BCUT2D eigenvalue weighted by atomic mass is 9.78. The molecular weight excluding hydrogens is 386 g/mol. The number of ketones is 1. The van der Waals surface area contributed by atoms with Gasteiger partial charge in [0.25, 0.3) is 0 Å². The van der Waals surface area contributed by atoms with Gasteiger partial charge in [-0.15, -0.1) is 0 Å². The van der Waals surface area contributed by atoms with Gasteiger partial charge in [-0.1, -0.05) is 66.3 Å². The summed E-state index contributed by atoms with van der Waals surface area (Å²) in [5.74, 6) is 0.737. The number of fused-ring (bicyclic) bond motifs is 1. The molecule has 0 spiro atoms. The number of nitrogens with two attached hydrogens (primary N) is 1. The number of allylic oxidation sites excluding steroid dienone is 1. The molecule has 0 saturated carbocycles. The lowest BCUT2D eigenvalue weighted by Crippen LogP contribution is -2.40. The molecule has 3 rings (SSSR count). The first-order chi connectivity index (χ1) is 14.4. The maximum Gasteiger partial charge on any atom is 0.356 e.